The molecule has 4 heterocycles. The highest BCUT2D eigenvalue weighted by Gasteiger charge is 2.38. The van der Waals surface area contributed by atoms with Gasteiger partial charge in [0, 0.05) is 50.1 Å². The summed E-state index contributed by atoms with van der Waals surface area (Å²) in [5.41, 5.74) is -0.311. The van der Waals surface area contributed by atoms with Gasteiger partial charge in [-0.25, -0.2) is 9.97 Å². The van der Waals surface area contributed by atoms with E-state index in [4.69, 9.17) is 4.52 Å². The van der Waals surface area contributed by atoms with Crippen LogP contribution in [0.5, 0.6) is 0 Å². The predicted octanol–water partition coefficient (Wildman–Crippen LogP) is 4.19. The number of aromatic nitrogens is 4. The van der Waals surface area contributed by atoms with Crippen molar-refractivity contribution in [1.29, 1.82) is 0 Å². The van der Waals surface area contributed by atoms with Gasteiger partial charge in [-0.1, -0.05) is 12.1 Å². The summed E-state index contributed by atoms with van der Waals surface area (Å²) in [5, 5.41) is 3.89. The molecule has 0 unspecified atom stereocenters. The Bertz CT molecular complexity index is 1050. The number of likely N-dealkylation sites (tertiary alicyclic amines) is 1. The summed E-state index contributed by atoms with van der Waals surface area (Å²) < 4.78 is 48.4. The van der Waals surface area contributed by atoms with E-state index in [0.717, 1.165) is 6.07 Å². The molecule has 3 aromatic heterocycles. The molecule has 0 spiro atoms. The second kappa shape index (κ2) is 8.68. The lowest BCUT2D eigenvalue weighted by atomic mass is 9.91. The standard InChI is InChI=1S/C21H24F3N5O2/c1-2-15-11-16(21(22,23)24)18-19(27-31-20(18)26-15)14-5-3-9-29(12-14)17(30)6-4-8-28-10-7-25-13-28/h7,10-11,13-14H,2-6,8-9,12H2,1H3/t14-/m0/s1. The van der Waals surface area contributed by atoms with E-state index in [2.05, 4.69) is 15.1 Å². The van der Waals surface area contributed by atoms with Crippen LogP contribution in [0.1, 0.15) is 55.5 Å². The highest BCUT2D eigenvalue weighted by atomic mass is 19.4. The molecule has 1 aliphatic rings. The van der Waals surface area contributed by atoms with E-state index in [9.17, 15) is 18.0 Å². The van der Waals surface area contributed by atoms with Crippen LogP contribution in [-0.2, 0) is 23.9 Å². The number of amides is 1. The number of halogens is 3. The first kappa shape index (κ1) is 21.3. The van der Waals surface area contributed by atoms with Crippen LogP contribution in [0.4, 0.5) is 13.2 Å². The zero-order chi connectivity index (χ0) is 22.0. The average Bonchev–Trinajstić information content (AvgIpc) is 3.42. The highest BCUT2D eigenvalue weighted by molar-refractivity contribution is 5.82. The lowest BCUT2D eigenvalue weighted by molar-refractivity contribution is -0.136. The fraction of sp³-hybridized carbons (Fsp3) is 0.524. The summed E-state index contributed by atoms with van der Waals surface area (Å²) in [5.74, 6) is -0.317. The third-order valence-corrected chi connectivity index (χ3v) is 5.72. The van der Waals surface area contributed by atoms with Gasteiger partial charge in [0.15, 0.2) is 0 Å². The number of imidazole rings is 1. The zero-order valence-electron chi connectivity index (χ0n) is 17.2. The van der Waals surface area contributed by atoms with E-state index < -0.39 is 11.7 Å². The molecule has 3 aromatic rings. The second-order valence-corrected chi connectivity index (χ2v) is 7.84. The summed E-state index contributed by atoms with van der Waals surface area (Å²) in [6.07, 6.45) is 3.45. The Kier molecular flexibility index (Phi) is 5.97. The Labute approximate surface area is 177 Å². The van der Waals surface area contributed by atoms with Crippen molar-refractivity contribution in [3.8, 4) is 0 Å². The summed E-state index contributed by atoms with van der Waals surface area (Å²) in [7, 11) is 0. The van der Waals surface area contributed by atoms with Crippen molar-refractivity contribution in [2.75, 3.05) is 13.1 Å². The first-order valence-corrected chi connectivity index (χ1v) is 10.5. The number of hydrogen-bond acceptors (Lipinski definition) is 5. The van der Waals surface area contributed by atoms with Crippen molar-refractivity contribution < 1.29 is 22.5 Å². The minimum atomic E-state index is -4.54. The minimum Gasteiger partial charge on any atom is -0.342 e. The van der Waals surface area contributed by atoms with E-state index in [1.54, 1.807) is 24.3 Å². The van der Waals surface area contributed by atoms with Crippen molar-refractivity contribution in [2.24, 2.45) is 0 Å². The molecule has 1 fully saturated rings. The SMILES string of the molecule is CCc1cc(C(F)(F)F)c2c([C@H]3CCCN(C(=O)CCCn4ccnc4)C3)noc2n1. The van der Waals surface area contributed by atoms with Crippen LogP contribution < -0.4 is 0 Å². The van der Waals surface area contributed by atoms with Crippen molar-refractivity contribution in [1.82, 2.24) is 24.6 Å². The number of piperidine rings is 1. The first-order chi connectivity index (χ1) is 14.9. The molecule has 4 rings (SSSR count). The molecule has 0 bridgehead atoms. The van der Waals surface area contributed by atoms with Crippen molar-refractivity contribution in [2.45, 2.75) is 57.7 Å². The molecule has 10 heteroatoms. The van der Waals surface area contributed by atoms with Crippen LogP contribution in [0.3, 0.4) is 0 Å². The molecule has 166 valence electrons. The van der Waals surface area contributed by atoms with Crippen LogP contribution in [0.2, 0.25) is 0 Å². The number of fused-ring (bicyclic) bond motifs is 1. The van der Waals surface area contributed by atoms with Crippen molar-refractivity contribution in [3.63, 3.8) is 0 Å². The topological polar surface area (TPSA) is 77.0 Å². The maximum Gasteiger partial charge on any atom is 0.417 e. The van der Waals surface area contributed by atoms with Gasteiger partial charge in [0.1, 0.15) is 0 Å². The molecule has 0 aliphatic carbocycles. The number of carbonyl (C=O) groups is 1. The number of aryl methyl sites for hydroxylation is 2. The highest BCUT2D eigenvalue weighted by Crippen LogP contribution is 2.40. The number of rotatable bonds is 6. The van der Waals surface area contributed by atoms with Crippen molar-refractivity contribution >= 4 is 17.0 Å². The quantitative estimate of drug-likeness (QED) is 0.580. The number of nitrogens with zero attached hydrogens (tertiary/aromatic N) is 5. The van der Waals surface area contributed by atoms with E-state index in [0.29, 0.717) is 57.4 Å². The van der Waals surface area contributed by atoms with Gasteiger partial charge in [-0.15, -0.1) is 0 Å². The molecule has 0 N–H and O–H groups in total. The van der Waals surface area contributed by atoms with E-state index in [1.807, 2.05) is 10.8 Å². The maximum atomic E-state index is 13.8. The van der Waals surface area contributed by atoms with Gasteiger partial charge in [0.2, 0.25) is 5.91 Å². The summed E-state index contributed by atoms with van der Waals surface area (Å²) in [6, 6.07) is 1.07. The predicted molar refractivity (Wildman–Crippen MR) is 106 cm³/mol. The Hall–Kier alpha value is -2.91. The van der Waals surface area contributed by atoms with Gasteiger partial charge in [0.05, 0.1) is 23.0 Å². The van der Waals surface area contributed by atoms with Crippen LogP contribution in [0, 0.1) is 0 Å². The van der Waals surface area contributed by atoms with Crippen LogP contribution in [0.15, 0.2) is 29.3 Å². The average molecular weight is 435 g/mol. The molecule has 1 amide bonds. The fourth-order valence-electron chi connectivity index (χ4n) is 4.12. The van der Waals surface area contributed by atoms with E-state index >= 15 is 0 Å². The summed E-state index contributed by atoms with van der Waals surface area (Å²) >= 11 is 0. The number of carbonyl (C=O) groups excluding carboxylic acids is 1. The van der Waals surface area contributed by atoms with Crippen LogP contribution in [-0.4, -0.2) is 43.6 Å². The van der Waals surface area contributed by atoms with Gasteiger partial charge < -0.3 is 14.0 Å². The van der Waals surface area contributed by atoms with E-state index in [1.165, 1.54) is 0 Å². The lowest BCUT2D eigenvalue weighted by Gasteiger charge is -2.32. The molecule has 1 aliphatic heterocycles. The number of pyridine rings is 1. The second-order valence-electron chi connectivity index (χ2n) is 7.84. The Morgan fingerprint density at radius 2 is 2.19 bits per heavy atom. The van der Waals surface area contributed by atoms with Gasteiger partial charge in [-0.2, -0.15) is 13.2 Å². The third kappa shape index (κ3) is 4.57. The molecule has 0 aromatic carbocycles. The molecule has 1 saturated heterocycles. The zero-order valence-corrected chi connectivity index (χ0v) is 17.2. The summed E-state index contributed by atoms with van der Waals surface area (Å²) in [6.45, 7) is 3.36. The molecule has 31 heavy (non-hydrogen) atoms. The normalized spacial score (nSPS) is 17.4. The largest absolute Gasteiger partial charge is 0.417 e. The van der Waals surface area contributed by atoms with Crippen LogP contribution in [0.25, 0.3) is 11.1 Å². The smallest absolute Gasteiger partial charge is 0.342 e. The minimum absolute atomic E-state index is 0.0000508. The Morgan fingerprint density at radius 3 is 2.90 bits per heavy atom. The monoisotopic (exact) mass is 435 g/mol. The molecular formula is C21H24F3N5O2. The molecule has 1 atom stereocenters. The van der Waals surface area contributed by atoms with Crippen molar-refractivity contribution in [3.05, 3.63) is 41.7 Å². The third-order valence-electron chi connectivity index (χ3n) is 5.72. The Morgan fingerprint density at radius 1 is 1.35 bits per heavy atom. The van der Waals surface area contributed by atoms with Gasteiger partial charge in [0.25, 0.3) is 5.71 Å². The molecule has 7 nitrogen and oxygen atoms in total. The number of alkyl halides is 3. The molecular weight excluding hydrogens is 411 g/mol. The fourth-order valence-corrected chi connectivity index (χ4v) is 4.12. The van der Waals surface area contributed by atoms with Gasteiger partial charge in [-0.05, 0) is 31.7 Å². The first-order valence-electron chi connectivity index (χ1n) is 10.5. The van der Waals surface area contributed by atoms with Crippen LogP contribution >= 0.6 is 0 Å². The Balaban J connectivity index is 1.52. The van der Waals surface area contributed by atoms with Gasteiger partial charge in [-0.3, -0.25) is 4.79 Å². The van der Waals surface area contributed by atoms with Gasteiger partial charge >= 0.3 is 6.18 Å². The molecule has 0 saturated carbocycles. The summed E-state index contributed by atoms with van der Waals surface area (Å²) in [4.78, 5) is 22.6. The molecule has 0 radical (unpaired) electrons. The maximum absolute atomic E-state index is 13.8. The number of hydrogen-bond donors (Lipinski definition) is 0. The lowest BCUT2D eigenvalue weighted by Crippen LogP contribution is -2.39. The van der Waals surface area contributed by atoms with E-state index in [-0.39, 0.29) is 28.6 Å².